The van der Waals surface area contributed by atoms with E-state index in [0.29, 0.717) is 0 Å². The van der Waals surface area contributed by atoms with Crippen molar-refractivity contribution in [2.45, 2.75) is 38.8 Å². The maximum atomic E-state index is 12.9. The molecule has 2 aromatic rings. The van der Waals surface area contributed by atoms with Crippen molar-refractivity contribution in [3.05, 3.63) is 57.9 Å². The van der Waals surface area contributed by atoms with Gasteiger partial charge in [-0.05, 0) is 78.7 Å². The van der Waals surface area contributed by atoms with Gasteiger partial charge in [0.25, 0.3) is 0 Å². The summed E-state index contributed by atoms with van der Waals surface area (Å²) < 4.78 is 5.27. The largest absolute Gasteiger partial charge is 0.444 e. The molecule has 1 unspecified atom stereocenters. The Kier molecular flexibility index (Phi) is 6.04. The van der Waals surface area contributed by atoms with Crippen LogP contribution in [0, 0.1) is 0 Å². The Hall–Kier alpha value is -2.80. The number of fused-ring (bicyclic) bond motifs is 1. The third-order valence-corrected chi connectivity index (χ3v) is 4.90. The van der Waals surface area contributed by atoms with Crippen LogP contribution in [-0.4, -0.2) is 24.1 Å². The first kappa shape index (κ1) is 19.9. The van der Waals surface area contributed by atoms with Crippen molar-refractivity contribution in [2.75, 3.05) is 11.9 Å². The highest BCUT2D eigenvalue weighted by atomic mass is 32.1. The van der Waals surface area contributed by atoms with E-state index in [1.165, 1.54) is 16.9 Å². The van der Waals surface area contributed by atoms with Gasteiger partial charge in [0.05, 0.1) is 5.92 Å². The Balaban J connectivity index is 1.69. The fourth-order valence-electron chi connectivity index (χ4n) is 2.87. The zero-order chi connectivity index (χ0) is 20.1. The van der Waals surface area contributed by atoms with Crippen LogP contribution in [0.15, 0.2) is 41.2 Å². The van der Waals surface area contributed by atoms with Gasteiger partial charge in [-0.1, -0.05) is 6.07 Å². The van der Waals surface area contributed by atoms with Crippen LogP contribution in [-0.2, 0) is 16.1 Å². The summed E-state index contributed by atoms with van der Waals surface area (Å²) in [4.78, 5) is 24.9. The molecule has 0 saturated heterocycles. The van der Waals surface area contributed by atoms with Gasteiger partial charge in [-0.15, -0.1) is 0 Å². The van der Waals surface area contributed by atoms with Gasteiger partial charge in [-0.3, -0.25) is 4.79 Å². The molecule has 0 bridgehead atoms. The predicted octanol–water partition coefficient (Wildman–Crippen LogP) is 4.07. The maximum Gasteiger partial charge on any atom is 0.407 e. The first-order valence-corrected chi connectivity index (χ1v) is 10.1. The molecule has 1 aliphatic rings. The minimum absolute atomic E-state index is 0.159. The number of anilines is 1. The van der Waals surface area contributed by atoms with Crippen molar-refractivity contribution in [3.63, 3.8) is 0 Å². The number of amides is 2. The Bertz CT molecular complexity index is 870. The predicted molar refractivity (Wildman–Crippen MR) is 112 cm³/mol. The average molecular weight is 400 g/mol. The van der Waals surface area contributed by atoms with E-state index in [-0.39, 0.29) is 12.5 Å². The number of nitrogens with one attached hydrogen (secondary N) is 3. The molecule has 1 atom stereocenters. The van der Waals surface area contributed by atoms with Crippen LogP contribution in [0.4, 0.5) is 10.5 Å². The van der Waals surface area contributed by atoms with Gasteiger partial charge < -0.3 is 20.7 Å². The molecule has 0 aliphatic carbocycles. The highest BCUT2D eigenvalue weighted by molar-refractivity contribution is 7.08. The van der Waals surface area contributed by atoms with Crippen LogP contribution in [0.1, 0.15) is 43.4 Å². The molecule has 2 heterocycles. The van der Waals surface area contributed by atoms with E-state index in [4.69, 9.17) is 4.74 Å². The van der Waals surface area contributed by atoms with E-state index in [0.717, 1.165) is 23.4 Å². The van der Waals surface area contributed by atoms with Crippen LogP contribution in [0.2, 0.25) is 0 Å². The molecule has 3 N–H and O–H groups in total. The minimum atomic E-state index is -0.588. The summed E-state index contributed by atoms with van der Waals surface area (Å²) in [6.45, 7) is 6.34. The summed E-state index contributed by atoms with van der Waals surface area (Å²) in [5, 5.41) is 12.7. The van der Waals surface area contributed by atoms with E-state index >= 15 is 0 Å². The normalized spacial score (nSPS) is 13.8. The summed E-state index contributed by atoms with van der Waals surface area (Å²) in [6, 6.07) is 7.74. The Labute approximate surface area is 169 Å². The van der Waals surface area contributed by atoms with Gasteiger partial charge in [0.1, 0.15) is 5.60 Å². The molecule has 0 radical (unpaired) electrons. The third kappa shape index (κ3) is 5.36. The summed E-state index contributed by atoms with van der Waals surface area (Å²) in [7, 11) is 0. The minimum Gasteiger partial charge on any atom is -0.444 e. The molecule has 28 heavy (non-hydrogen) atoms. The first-order chi connectivity index (χ1) is 13.3. The summed E-state index contributed by atoms with van der Waals surface area (Å²) in [6.07, 6.45) is 3.34. The molecule has 2 amide bonds. The number of ether oxygens (including phenoxy) is 1. The zero-order valence-electron chi connectivity index (χ0n) is 16.2. The van der Waals surface area contributed by atoms with E-state index in [1.54, 1.807) is 20.8 Å². The van der Waals surface area contributed by atoms with Crippen molar-refractivity contribution in [1.29, 1.82) is 0 Å². The quantitative estimate of drug-likeness (QED) is 0.708. The SMILES string of the molecule is CC(C)(C)OC(=O)NCC(C(=O)Nc1ccc2c(c1)C=CNC2)c1ccsc1. The highest BCUT2D eigenvalue weighted by Gasteiger charge is 2.24. The van der Waals surface area contributed by atoms with Gasteiger partial charge in [0, 0.05) is 18.8 Å². The molecule has 1 aromatic heterocycles. The third-order valence-electron chi connectivity index (χ3n) is 4.20. The Morgan fingerprint density at radius 2 is 2.11 bits per heavy atom. The number of alkyl carbamates (subject to hydrolysis) is 1. The summed E-state index contributed by atoms with van der Waals surface area (Å²) >= 11 is 1.51. The lowest BCUT2D eigenvalue weighted by atomic mass is 10.0. The molecule has 6 nitrogen and oxygen atoms in total. The molecular formula is C21H25N3O3S. The van der Waals surface area contributed by atoms with Crippen LogP contribution in [0.3, 0.4) is 0 Å². The fraction of sp³-hybridized carbons (Fsp3) is 0.333. The van der Waals surface area contributed by atoms with Gasteiger partial charge in [-0.2, -0.15) is 11.3 Å². The van der Waals surface area contributed by atoms with Crippen LogP contribution >= 0.6 is 11.3 Å². The van der Waals surface area contributed by atoms with E-state index < -0.39 is 17.6 Å². The molecule has 148 valence electrons. The smallest absolute Gasteiger partial charge is 0.407 e. The molecule has 1 aromatic carbocycles. The van der Waals surface area contributed by atoms with Gasteiger partial charge >= 0.3 is 6.09 Å². The molecule has 0 saturated carbocycles. The highest BCUT2D eigenvalue weighted by Crippen LogP contribution is 2.23. The Morgan fingerprint density at radius 3 is 2.82 bits per heavy atom. The number of thiophene rings is 1. The van der Waals surface area contributed by atoms with Crippen molar-refractivity contribution in [3.8, 4) is 0 Å². The number of benzene rings is 1. The average Bonchev–Trinajstić information content (AvgIpc) is 3.14. The van der Waals surface area contributed by atoms with Gasteiger partial charge in [0.15, 0.2) is 0 Å². The molecule has 3 rings (SSSR count). The number of hydrogen-bond donors (Lipinski definition) is 3. The molecule has 0 fully saturated rings. The fourth-order valence-corrected chi connectivity index (χ4v) is 3.58. The number of carbonyl (C=O) groups excluding carboxylic acids is 2. The second kappa shape index (κ2) is 8.48. The Morgan fingerprint density at radius 1 is 1.29 bits per heavy atom. The van der Waals surface area contributed by atoms with Gasteiger partial charge in [0.2, 0.25) is 5.91 Å². The van der Waals surface area contributed by atoms with Crippen molar-refractivity contribution < 1.29 is 14.3 Å². The number of hydrogen-bond acceptors (Lipinski definition) is 5. The topological polar surface area (TPSA) is 79.5 Å². The lowest BCUT2D eigenvalue weighted by Gasteiger charge is -2.22. The zero-order valence-corrected chi connectivity index (χ0v) is 17.1. The molecular weight excluding hydrogens is 374 g/mol. The lowest BCUT2D eigenvalue weighted by molar-refractivity contribution is -0.117. The first-order valence-electron chi connectivity index (χ1n) is 9.14. The molecule has 1 aliphatic heterocycles. The van der Waals surface area contributed by atoms with Crippen molar-refractivity contribution in [1.82, 2.24) is 10.6 Å². The molecule has 7 heteroatoms. The van der Waals surface area contributed by atoms with E-state index in [9.17, 15) is 9.59 Å². The van der Waals surface area contributed by atoms with Crippen LogP contribution in [0.25, 0.3) is 6.08 Å². The van der Waals surface area contributed by atoms with E-state index in [2.05, 4.69) is 16.0 Å². The van der Waals surface area contributed by atoms with Gasteiger partial charge in [-0.25, -0.2) is 4.79 Å². The second-order valence-corrected chi connectivity index (χ2v) is 8.39. The molecule has 0 spiro atoms. The lowest BCUT2D eigenvalue weighted by Crippen LogP contribution is -2.37. The van der Waals surface area contributed by atoms with Crippen LogP contribution < -0.4 is 16.0 Å². The standard InChI is InChI=1S/C21H25N3O3S/c1-21(2,3)27-20(26)23-12-18(16-7-9-28-13-16)19(25)24-17-5-4-15-11-22-8-6-14(15)10-17/h4-10,13,18,22H,11-12H2,1-3H3,(H,23,26)(H,24,25). The monoisotopic (exact) mass is 399 g/mol. The summed E-state index contributed by atoms with van der Waals surface area (Å²) in [5.41, 5.74) is 3.26. The van der Waals surface area contributed by atoms with Crippen molar-refractivity contribution in [2.24, 2.45) is 0 Å². The van der Waals surface area contributed by atoms with Crippen molar-refractivity contribution >= 4 is 35.1 Å². The van der Waals surface area contributed by atoms with E-state index in [1.807, 2.05) is 47.3 Å². The number of rotatable bonds is 5. The maximum absolute atomic E-state index is 12.9. The second-order valence-electron chi connectivity index (χ2n) is 7.61. The summed E-state index contributed by atoms with van der Waals surface area (Å²) in [5.74, 6) is -0.681. The number of carbonyl (C=O) groups is 2. The van der Waals surface area contributed by atoms with Crippen LogP contribution in [0.5, 0.6) is 0 Å².